The molecule has 1 aromatic heterocycles. The molecule has 0 spiro atoms. The molecule has 168 valence electrons. The molecule has 1 atom stereocenters. The van der Waals surface area contributed by atoms with Gasteiger partial charge in [0, 0.05) is 43.5 Å². The van der Waals surface area contributed by atoms with Gasteiger partial charge in [-0.2, -0.15) is 4.31 Å². The molecular weight excluding hydrogens is 421 g/mol. The van der Waals surface area contributed by atoms with Gasteiger partial charge in [0.05, 0.1) is 23.3 Å². The van der Waals surface area contributed by atoms with Gasteiger partial charge >= 0.3 is 0 Å². The first-order valence-corrected chi connectivity index (χ1v) is 11.8. The Morgan fingerprint density at radius 3 is 2.68 bits per heavy atom. The van der Waals surface area contributed by atoms with E-state index in [1.54, 1.807) is 37.3 Å². The van der Waals surface area contributed by atoms with Gasteiger partial charge in [0.1, 0.15) is 0 Å². The molecule has 1 aliphatic rings. The van der Waals surface area contributed by atoms with Crippen molar-refractivity contribution in [3.8, 4) is 0 Å². The van der Waals surface area contributed by atoms with E-state index in [9.17, 15) is 13.2 Å². The number of aryl methyl sites for hydroxylation is 1. The largest absolute Gasteiger partial charge is 0.294 e. The molecule has 1 saturated heterocycles. The minimum absolute atomic E-state index is 0.0452. The SMILES string of the molecule is CCS(=O)(=O)N1CCN(Cc2cccc(NN(C=O)c3ccc(C)nc3)c2F)[C@H](C)C1. The Balaban J connectivity index is 1.72. The Morgan fingerprint density at radius 2 is 2.06 bits per heavy atom. The van der Waals surface area contributed by atoms with Crippen molar-refractivity contribution in [2.45, 2.75) is 33.4 Å². The van der Waals surface area contributed by atoms with Crippen molar-refractivity contribution in [3.05, 3.63) is 53.6 Å². The van der Waals surface area contributed by atoms with Crippen LogP contribution >= 0.6 is 0 Å². The Labute approximate surface area is 182 Å². The molecule has 0 unspecified atom stereocenters. The van der Waals surface area contributed by atoms with E-state index >= 15 is 4.39 Å². The van der Waals surface area contributed by atoms with Crippen LogP contribution in [0.1, 0.15) is 25.1 Å². The second kappa shape index (κ2) is 9.71. The first-order valence-electron chi connectivity index (χ1n) is 10.2. The molecule has 8 nitrogen and oxygen atoms in total. The van der Waals surface area contributed by atoms with Crippen molar-refractivity contribution in [2.75, 3.05) is 35.8 Å². The molecule has 1 N–H and O–H groups in total. The highest BCUT2D eigenvalue weighted by atomic mass is 32.2. The zero-order chi connectivity index (χ0) is 22.6. The number of aromatic nitrogens is 1. The van der Waals surface area contributed by atoms with Crippen LogP contribution in [0, 0.1) is 12.7 Å². The predicted octanol–water partition coefficient (Wildman–Crippen LogP) is 2.37. The summed E-state index contributed by atoms with van der Waals surface area (Å²) in [6.45, 7) is 7.05. The number of hydrogen-bond donors (Lipinski definition) is 1. The summed E-state index contributed by atoms with van der Waals surface area (Å²) in [7, 11) is -3.23. The summed E-state index contributed by atoms with van der Waals surface area (Å²) < 4.78 is 41.0. The van der Waals surface area contributed by atoms with Crippen molar-refractivity contribution in [2.24, 2.45) is 0 Å². The Kier molecular flexibility index (Phi) is 7.24. The number of pyridine rings is 1. The molecule has 0 aliphatic carbocycles. The van der Waals surface area contributed by atoms with Crippen LogP contribution in [-0.2, 0) is 21.4 Å². The number of nitrogens with zero attached hydrogens (tertiary/aromatic N) is 4. The fourth-order valence-electron chi connectivity index (χ4n) is 3.52. The van der Waals surface area contributed by atoms with Crippen LogP contribution in [0.5, 0.6) is 0 Å². The molecule has 10 heteroatoms. The Hall–Kier alpha value is -2.56. The van der Waals surface area contributed by atoms with Gasteiger partial charge in [0.2, 0.25) is 16.4 Å². The molecule has 2 aromatic rings. The van der Waals surface area contributed by atoms with Crippen molar-refractivity contribution in [1.29, 1.82) is 0 Å². The molecule has 1 aliphatic heterocycles. The summed E-state index contributed by atoms with van der Waals surface area (Å²) in [4.78, 5) is 17.8. The number of nitrogens with one attached hydrogen (secondary N) is 1. The summed E-state index contributed by atoms with van der Waals surface area (Å²) in [6, 6.07) is 8.42. The summed E-state index contributed by atoms with van der Waals surface area (Å²) in [5.41, 5.74) is 4.74. The van der Waals surface area contributed by atoms with Gasteiger partial charge in [-0.25, -0.2) is 17.8 Å². The average Bonchev–Trinajstić information content (AvgIpc) is 2.76. The van der Waals surface area contributed by atoms with Crippen molar-refractivity contribution in [1.82, 2.24) is 14.2 Å². The maximum Gasteiger partial charge on any atom is 0.232 e. The van der Waals surface area contributed by atoms with E-state index in [1.165, 1.54) is 15.5 Å². The highest BCUT2D eigenvalue weighted by Crippen LogP contribution is 2.24. The fourth-order valence-corrected chi connectivity index (χ4v) is 4.69. The van der Waals surface area contributed by atoms with E-state index < -0.39 is 15.8 Å². The highest BCUT2D eigenvalue weighted by molar-refractivity contribution is 7.89. The van der Waals surface area contributed by atoms with Gasteiger partial charge in [-0.3, -0.25) is 20.1 Å². The molecule has 1 amide bonds. The van der Waals surface area contributed by atoms with Crippen molar-refractivity contribution >= 4 is 27.8 Å². The van der Waals surface area contributed by atoms with Gasteiger partial charge < -0.3 is 0 Å². The number of rotatable bonds is 8. The van der Waals surface area contributed by atoms with E-state index in [-0.39, 0.29) is 17.5 Å². The van der Waals surface area contributed by atoms with Gasteiger partial charge in [0.15, 0.2) is 5.82 Å². The summed E-state index contributed by atoms with van der Waals surface area (Å²) >= 11 is 0. The molecule has 2 heterocycles. The third-order valence-electron chi connectivity index (χ3n) is 5.46. The van der Waals surface area contributed by atoms with Crippen LogP contribution in [0.15, 0.2) is 36.5 Å². The lowest BCUT2D eigenvalue weighted by molar-refractivity contribution is -0.107. The number of amides is 1. The third kappa shape index (κ3) is 5.38. The maximum atomic E-state index is 15.2. The minimum atomic E-state index is -3.23. The van der Waals surface area contributed by atoms with E-state index in [2.05, 4.69) is 15.3 Å². The number of piperazine rings is 1. The second-order valence-electron chi connectivity index (χ2n) is 7.60. The lowest BCUT2D eigenvalue weighted by Gasteiger charge is -2.39. The quantitative estimate of drug-likeness (QED) is 0.492. The van der Waals surface area contributed by atoms with E-state index in [1.807, 2.05) is 13.8 Å². The van der Waals surface area contributed by atoms with Gasteiger partial charge in [-0.15, -0.1) is 0 Å². The van der Waals surface area contributed by atoms with Crippen LogP contribution in [0.2, 0.25) is 0 Å². The van der Waals surface area contributed by atoms with Crippen LogP contribution < -0.4 is 10.4 Å². The molecule has 1 fully saturated rings. The lowest BCUT2D eigenvalue weighted by atomic mass is 10.1. The van der Waals surface area contributed by atoms with Gasteiger partial charge in [-0.05, 0) is 39.0 Å². The number of hydrogen-bond acceptors (Lipinski definition) is 6. The van der Waals surface area contributed by atoms with E-state index in [4.69, 9.17) is 0 Å². The van der Waals surface area contributed by atoms with Crippen molar-refractivity contribution < 1.29 is 17.6 Å². The summed E-state index contributed by atoms with van der Waals surface area (Å²) in [5.74, 6) is -0.378. The number of benzene rings is 1. The van der Waals surface area contributed by atoms with Gasteiger partial charge in [0.25, 0.3) is 0 Å². The van der Waals surface area contributed by atoms with Crippen LogP contribution in [-0.4, -0.2) is 60.4 Å². The van der Waals surface area contributed by atoms with Crippen LogP contribution in [0.25, 0.3) is 0 Å². The molecule has 0 bridgehead atoms. The number of anilines is 2. The zero-order valence-corrected chi connectivity index (χ0v) is 18.8. The van der Waals surface area contributed by atoms with Gasteiger partial charge in [-0.1, -0.05) is 12.1 Å². The molecule has 1 aromatic carbocycles. The highest BCUT2D eigenvalue weighted by Gasteiger charge is 2.30. The minimum Gasteiger partial charge on any atom is -0.294 e. The van der Waals surface area contributed by atoms with Crippen LogP contribution in [0.3, 0.4) is 0 Å². The number of carbonyl (C=O) groups is 1. The number of halogens is 1. The molecule has 0 radical (unpaired) electrons. The zero-order valence-electron chi connectivity index (χ0n) is 18.0. The summed E-state index contributed by atoms with van der Waals surface area (Å²) in [6.07, 6.45) is 2.10. The number of hydrazine groups is 1. The number of sulfonamides is 1. The third-order valence-corrected chi connectivity index (χ3v) is 7.31. The topological polar surface area (TPSA) is 85.9 Å². The monoisotopic (exact) mass is 449 g/mol. The first kappa shape index (κ1) is 23.1. The average molecular weight is 450 g/mol. The fraction of sp³-hybridized carbons (Fsp3) is 0.429. The molecule has 0 saturated carbocycles. The lowest BCUT2D eigenvalue weighted by Crippen LogP contribution is -2.53. The maximum absolute atomic E-state index is 15.2. The number of carbonyl (C=O) groups excluding carboxylic acids is 1. The molecule has 3 rings (SSSR count). The predicted molar refractivity (Wildman–Crippen MR) is 118 cm³/mol. The van der Waals surface area contributed by atoms with E-state index in [0.717, 1.165) is 5.69 Å². The Morgan fingerprint density at radius 1 is 1.29 bits per heavy atom. The second-order valence-corrected chi connectivity index (χ2v) is 9.86. The normalized spacial score (nSPS) is 18.0. The first-order chi connectivity index (χ1) is 14.7. The smallest absolute Gasteiger partial charge is 0.232 e. The van der Waals surface area contributed by atoms with Crippen molar-refractivity contribution in [3.63, 3.8) is 0 Å². The standard InChI is InChI=1S/C21H28FN5O3S/c1-4-31(29,30)26-11-10-25(17(3)13-26)14-18-6-5-7-20(21(18)22)24-27(15-28)19-9-8-16(2)23-12-19/h5-9,12,15,17,24H,4,10-11,13-14H2,1-3H3/t17-/m1/s1. The summed E-state index contributed by atoms with van der Waals surface area (Å²) in [5, 5.41) is 1.17. The molecular formula is C21H28FN5O3S. The molecule has 31 heavy (non-hydrogen) atoms. The Bertz CT molecular complexity index is 1020. The van der Waals surface area contributed by atoms with E-state index in [0.29, 0.717) is 43.8 Å². The van der Waals surface area contributed by atoms with Crippen LogP contribution in [0.4, 0.5) is 15.8 Å².